The number of benzene rings is 1. The molecule has 0 amide bonds. The van der Waals surface area contributed by atoms with Crippen LogP contribution >= 0.6 is 0 Å². The van der Waals surface area contributed by atoms with E-state index in [0.717, 1.165) is 25.3 Å². The molecule has 0 aromatic heterocycles. The van der Waals surface area contributed by atoms with E-state index in [4.69, 9.17) is 4.74 Å². The van der Waals surface area contributed by atoms with E-state index in [1.165, 1.54) is 13.2 Å². The molecule has 1 aromatic carbocycles. The van der Waals surface area contributed by atoms with Gasteiger partial charge in [0.05, 0.1) is 13.0 Å². The van der Waals surface area contributed by atoms with Gasteiger partial charge >= 0.3 is 5.97 Å². The number of halogens is 2. The topological polar surface area (TPSA) is 38.3 Å². The third-order valence-corrected chi connectivity index (χ3v) is 4.92. The summed E-state index contributed by atoms with van der Waals surface area (Å²) in [6, 6.07) is 3.96. The van der Waals surface area contributed by atoms with E-state index < -0.39 is 11.6 Å². The fraction of sp³-hybridized carbons (Fsp3) is 0.562. The first-order valence-corrected chi connectivity index (χ1v) is 7.35. The summed E-state index contributed by atoms with van der Waals surface area (Å²) in [4.78, 5) is 12.0. The van der Waals surface area contributed by atoms with Crippen LogP contribution in [0.15, 0.2) is 18.2 Å². The Balaban J connectivity index is 1.68. The molecule has 21 heavy (non-hydrogen) atoms. The average molecular weight is 295 g/mol. The minimum Gasteiger partial charge on any atom is -0.469 e. The second-order valence-corrected chi connectivity index (χ2v) is 6.04. The van der Waals surface area contributed by atoms with Crippen molar-refractivity contribution in [3.8, 4) is 0 Å². The number of fused-ring (bicyclic) bond motifs is 2. The molecule has 0 aliphatic heterocycles. The van der Waals surface area contributed by atoms with Gasteiger partial charge in [-0.25, -0.2) is 8.78 Å². The second-order valence-electron chi connectivity index (χ2n) is 6.04. The standard InChI is InChI=1S/C16H19F2NO2/c1-21-16(20)14-10-3-4-11(7-10)15(14)19-8-9-2-5-12(17)13(18)6-9/h2,5-6,10-11,14-15,19H,3-4,7-8H2,1H3/t10?,11-,14-,15+/m1/s1. The Morgan fingerprint density at radius 1 is 1.29 bits per heavy atom. The minimum absolute atomic E-state index is 0.0734. The van der Waals surface area contributed by atoms with Crippen LogP contribution in [0.1, 0.15) is 24.8 Å². The van der Waals surface area contributed by atoms with E-state index >= 15 is 0 Å². The van der Waals surface area contributed by atoms with E-state index in [-0.39, 0.29) is 17.9 Å². The summed E-state index contributed by atoms with van der Waals surface area (Å²) < 4.78 is 31.0. The fourth-order valence-electron chi connectivity index (χ4n) is 3.95. The third-order valence-electron chi connectivity index (χ3n) is 4.92. The summed E-state index contributed by atoms with van der Waals surface area (Å²) in [6.07, 6.45) is 3.25. The van der Waals surface area contributed by atoms with Gasteiger partial charge in [-0.3, -0.25) is 4.79 Å². The molecule has 5 heteroatoms. The summed E-state index contributed by atoms with van der Waals surface area (Å²) in [7, 11) is 1.42. The van der Waals surface area contributed by atoms with Gasteiger partial charge in [0.1, 0.15) is 0 Å². The highest BCUT2D eigenvalue weighted by atomic mass is 19.2. The van der Waals surface area contributed by atoms with Gasteiger partial charge in [-0.15, -0.1) is 0 Å². The van der Waals surface area contributed by atoms with Crippen LogP contribution in [0, 0.1) is 29.4 Å². The average Bonchev–Trinajstić information content (AvgIpc) is 3.08. The minimum atomic E-state index is -0.842. The number of carbonyl (C=O) groups excluding carboxylic acids is 1. The van der Waals surface area contributed by atoms with Gasteiger partial charge in [-0.1, -0.05) is 6.07 Å². The molecule has 2 aliphatic rings. The fourth-order valence-corrected chi connectivity index (χ4v) is 3.95. The number of hydrogen-bond acceptors (Lipinski definition) is 3. The maximum atomic E-state index is 13.2. The molecule has 1 aromatic rings. The Morgan fingerprint density at radius 3 is 2.76 bits per heavy atom. The van der Waals surface area contributed by atoms with Gasteiger partial charge in [0.25, 0.3) is 0 Å². The molecular weight excluding hydrogens is 276 g/mol. The maximum Gasteiger partial charge on any atom is 0.310 e. The van der Waals surface area contributed by atoms with E-state index in [1.807, 2.05) is 0 Å². The smallest absolute Gasteiger partial charge is 0.310 e. The first-order valence-electron chi connectivity index (χ1n) is 7.35. The zero-order valence-electron chi connectivity index (χ0n) is 11.9. The normalized spacial score (nSPS) is 30.6. The number of rotatable bonds is 4. The zero-order chi connectivity index (χ0) is 15.0. The van der Waals surface area contributed by atoms with Crippen LogP contribution < -0.4 is 5.32 Å². The van der Waals surface area contributed by atoms with E-state index in [9.17, 15) is 13.6 Å². The first-order chi connectivity index (χ1) is 10.1. The van der Waals surface area contributed by atoms with Crippen molar-refractivity contribution in [3.05, 3.63) is 35.4 Å². The number of carbonyl (C=O) groups is 1. The molecule has 2 bridgehead atoms. The van der Waals surface area contributed by atoms with Crippen molar-refractivity contribution in [2.75, 3.05) is 7.11 Å². The Morgan fingerprint density at radius 2 is 2.05 bits per heavy atom. The second kappa shape index (κ2) is 5.72. The summed E-state index contributed by atoms with van der Waals surface area (Å²) in [5.74, 6) is -1.09. The molecule has 0 spiro atoms. The molecule has 3 nitrogen and oxygen atoms in total. The molecule has 1 unspecified atom stereocenters. The predicted octanol–water partition coefficient (Wildman–Crippen LogP) is 2.64. The van der Waals surface area contributed by atoms with Crippen LogP contribution in [0.2, 0.25) is 0 Å². The summed E-state index contributed by atoms with van der Waals surface area (Å²) >= 11 is 0. The van der Waals surface area contributed by atoms with Crippen molar-refractivity contribution < 1.29 is 18.3 Å². The van der Waals surface area contributed by atoms with Crippen molar-refractivity contribution in [1.82, 2.24) is 5.32 Å². The molecule has 0 radical (unpaired) electrons. The third kappa shape index (κ3) is 2.67. The SMILES string of the molecule is COC(=O)[C@@H]1C2CC[C@H](C2)[C@@H]1NCc1ccc(F)c(F)c1. The van der Waals surface area contributed by atoms with Crippen molar-refractivity contribution in [2.45, 2.75) is 31.8 Å². The summed E-state index contributed by atoms with van der Waals surface area (Å²) in [6.45, 7) is 0.429. The van der Waals surface area contributed by atoms with E-state index in [0.29, 0.717) is 23.9 Å². The van der Waals surface area contributed by atoms with Crippen LogP contribution in [0.4, 0.5) is 8.78 Å². The lowest BCUT2D eigenvalue weighted by Gasteiger charge is -2.30. The lowest BCUT2D eigenvalue weighted by Crippen LogP contribution is -2.44. The summed E-state index contributed by atoms with van der Waals surface area (Å²) in [5, 5.41) is 3.35. The van der Waals surface area contributed by atoms with Crippen LogP contribution in [-0.2, 0) is 16.1 Å². The predicted molar refractivity (Wildman–Crippen MR) is 73.3 cm³/mol. The van der Waals surface area contributed by atoms with Crippen LogP contribution in [-0.4, -0.2) is 19.1 Å². The molecule has 2 saturated carbocycles. The highest BCUT2D eigenvalue weighted by Gasteiger charge is 2.51. The van der Waals surface area contributed by atoms with Crippen molar-refractivity contribution >= 4 is 5.97 Å². The molecule has 2 aliphatic carbocycles. The molecule has 0 saturated heterocycles. The Bertz CT molecular complexity index is 549. The molecule has 0 heterocycles. The number of hydrogen-bond donors (Lipinski definition) is 1. The van der Waals surface area contributed by atoms with Crippen molar-refractivity contribution in [3.63, 3.8) is 0 Å². The first kappa shape index (κ1) is 14.4. The Kier molecular flexibility index (Phi) is 3.93. The largest absolute Gasteiger partial charge is 0.469 e. The molecule has 3 rings (SSSR count). The van der Waals surface area contributed by atoms with Gasteiger partial charge in [-0.2, -0.15) is 0 Å². The molecule has 2 fully saturated rings. The molecule has 4 atom stereocenters. The number of esters is 1. The lowest BCUT2D eigenvalue weighted by atomic mass is 9.84. The molecule has 1 N–H and O–H groups in total. The quantitative estimate of drug-likeness (QED) is 0.868. The van der Waals surface area contributed by atoms with Crippen LogP contribution in [0.25, 0.3) is 0 Å². The Hall–Kier alpha value is -1.49. The lowest BCUT2D eigenvalue weighted by molar-refractivity contribution is -0.148. The van der Waals surface area contributed by atoms with Crippen molar-refractivity contribution in [1.29, 1.82) is 0 Å². The highest BCUT2D eigenvalue weighted by Crippen LogP contribution is 2.49. The van der Waals surface area contributed by atoms with Gasteiger partial charge in [-0.05, 0) is 48.8 Å². The highest BCUT2D eigenvalue weighted by molar-refractivity contribution is 5.74. The van der Waals surface area contributed by atoms with Crippen molar-refractivity contribution in [2.24, 2.45) is 17.8 Å². The van der Waals surface area contributed by atoms with Gasteiger partial charge < -0.3 is 10.1 Å². The van der Waals surface area contributed by atoms with E-state index in [2.05, 4.69) is 5.32 Å². The van der Waals surface area contributed by atoms with Gasteiger partial charge in [0, 0.05) is 12.6 Å². The monoisotopic (exact) mass is 295 g/mol. The van der Waals surface area contributed by atoms with E-state index in [1.54, 1.807) is 6.07 Å². The molecule has 114 valence electrons. The zero-order valence-corrected chi connectivity index (χ0v) is 11.9. The maximum absolute atomic E-state index is 13.2. The Labute approximate surface area is 122 Å². The van der Waals surface area contributed by atoms with Crippen LogP contribution in [0.5, 0.6) is 0 Å². The number of ether oxygens (including phenoxy) is 1. The molecular formula is C16H19F2NO2. The van der Waals surface area contributed by atoms with Gasteiger partial charge in [0.2, 0.25) is 0 Å². The van der Waals surface area contributed by atoms with Crippen LogP contribution in [0.3, 0.4) is 0 Å². The summed E-state index contributed by atoms with van der Waals surface area (Å²) in [5.41, 5.74) is 0.681. The number of methoxy groups -OCH3 is 1. The van der Waals surface area contributed by atoms with Gasteiger partial charge in [0.15, 0.2) is 11.6 Å². The number of nitrogens with one attached hydrogen (secondary N) is 1.